The molecule has 0 aliphatic rings. The first-order valence-corrected chi connectivity index (χ1v) is 3.35. The zero-order valence-corrected chi connectivity index (χ0v) is 7.00. The average molecular weight is 145 g/mol. The summed E-state index contributed by atoms with van der Waals surface area (Å²) in [5.74, 6) is 0.294. The van der Waals surface area contributed by atoms with E-state index in [1.54, 1.807) is 19.2 Å². The minimum atomic E-state index is -0.134. The van der Waals surface area contributed by atoms with Gasteiger partial charge in [-0.15, -0.1) is 0 Å². The second kappa shape index (κ2) is 4.41. The van der Waals surface area contributed by atoms with Crippen molar-refractivity contribution in [1.29, 1.82) is 0 Å². The van der Waals surface area contributed by atoms with Gasteiger partial charge in [0.1, 0.15) is 6.29 Å². The Kier molecular flexibility index (Phi) is 4.23. The molecule has 0 aromatic heterocycles. The summed E-state index contributed by atoms with van der Waals surface area (Å²) in [4.78, 5) is 15.3. The lowest BCUT2D eigenvalue weighted by molar-refractivity contribution is -0.157. The summed E-state index contributed by atoms with van der Waals surface area (Å²) in [5.41, 5.74) is 0. The van der Waals surface area contributed by atoms with Crippen molar-refractivity contribution in [1.82, 2.24) is 5.06 Å². The molecule has 0 heterocycles. The fourth-order valence-corrected chi connectivity index (χ4v) is 0.784. The molecule has 10 heavy (non-hydrogen) atoms. The van der Waals surface area contributed by atoms with Gasteiger partial charge in [0.25, 0.3) is 0 Å². The van der Waals surface area contributed by atoms with Crippen molar-refractivity contribution in [3.63, 3.8) is 0 Å². The summed E-state index contributed by atoms with van der Waals surface area (Å²) in [6.45, 7) is 3.96. The Hall–Kier alpha value is -0.410. The molecule has 0 unspecified atom stereocenters. The van der Waals surface area contributed by atoms with Crippen molar-refractivity contribution in [2.75, 3.05) is 14.2 Å². The highest BCUT2D eigenvalue weighted by Gasteiger charge is 2.16. The van der Waals surface area contributed by atoms with Crippen LogP contribution in [0.3, 0.4) is 0 Å². The molecule has 0 saturated carbocycles. The molecule has 0 aliphatic heterocycles. The van der Waals surface area contributed by atoms with E-state index in [-0.39, 0.29) is 6.04 Å². The predicted molar refractivity (Wildman–Crippen MR) is 39.5 cm³/mol. The molecule has 0 amide bonds. The van der Waals surface area contributed by atoms with Crippen LogP contribution in [0.5, 0.6) is 0 Å². The summed E-state index contributed by atoms with van der Waals surface area (Å²) >= 11 is 0. The predicted octanol–water partition coefficient (Wildman–Crippen LogP) is 0.703. The maximum atomic E-state index is 10.4. The van der Waals surface area contributed by atoms with Crippen LogP contribution >= 0.6 is 0 Å². The molecule has 0 aliphatic carbocycles. The van der Waals surface area contributed by atoms with Crippen molar-refractivity contribution in [3.05, 3.63) is 0 Å². The first kappa shape index (κ1) is 9.59. The Morgan fingerprint density at radius 2 is 2.00 bits per heavy atom. The number of likely N-dealkylation sites (N-methyl/N-ethyl adjacent to an activating group) is 1. The second-order valence-corrected chi connectivity index (χ2v) is 2.60. The van der Waals surface area contributed by atoms with E-state index in [4.69, 9.17) is 4.84 Å². The van der Waals surface area contributed by atoms with Crippen molar-refractivity contribution in [2.45, 2.75) is 19.9 Å². The van der Waals surface area contributed by atoms with E-state index in [0.29, 0.717) is 5.92 Å². The van der Waals surface area contributed by atoms with Crippen LogP contribution in [0, 0.1) is 5.92 Å². The van der Waals surface area contributed by atoms with E-state index in [9.17, 15) is 4.79 Å². The molecule has 0 aromatic carbocycles. The van der Waals surface area contributed by atoms with Gasteiger partial charge < -0.3 is 9.63 Å². The highest BCUT2D eigenvalue weighted by Crippen LogP contribution is 2.05. The minimum Gasteiger partial charge on any atom is -0.302 e. The quantitative estimate of drug-likeness (QED) is 0.431. The van der Waals surface area contributed by atoms with Gasteiger partial charge in [0.05, 0.1) is 13.2 Å². The Bertz CT molecular complexity index is 104. The zero-order valence-electron chi connectivity index (χ0n) is 7.00. The van der Waals surface area contributed by atoms with Gasteiger partial charge in [-0.25, -0.2) is 0 Å². The van der Waals surface area contributed by atoms with Gasteiger partial charge in [-0.05, 0) is 5.92 Å². The normalized spacial score (nSPS) is 14.2. The van der Waals surface area contributed by atoms with E-state index in [1.807, 2.05) is 13.8 Å². The molecule has 1 atom stereocenters. The first-order valence-electron chi connectivity index (χ1n) is 3.35. The van der Waals surface area contributed by atoms with Crippen LogP contribution in [0.2, 0.25) is 0 Å². The summed E-state index contributed by atoms with van der Waals surface area (Å²) in [6.07, 6.45) is 0.897. The standard InChI is InChI=1S/C7H15NO2/c1-6(2)7(5-9)8(3)10-4/h5-7H,1-4H3/t7-/m1/s1. The smallest absolute Gasteiger partial charge is 0.139 e. The fraction of sp³-hybridized carbons (Fsp3) is 0.857. The summed E-state index contributed by atoms with van der Waals surface area (Å²) < 4.78 is 0. The number of hydroxylamine groups is 2. The van der Waals surface area contributed by atoms with E-state index in [1.165, 1.54) is 0 Å². The Morgan fingerprint density at radius 3 is 2.10 bits per heavy atom. The number of nitrogens with zero attached hydrogens (tertiary/aromatic N) is 1. The SMILES string of the molecule is CON(C)[C@H](C=O)C(C)C. The van der Waals surface area contributed by atoms with Crippen molar-refractivity contribution in [2.24, 2.45) is 5.92 Å². The number of hydrogen-bond donors (Lipinski definition) is 0. The van der Waals surface area contributed by atoms with Crippen LogP contribution in [0.25, 0.3) is 0 Å². The third-order valence-corrected chi connectivity index (χ3v) is 1.53. The fourth-order valence-electron chi connectivity index (χ4n) is 0.784. The minimum absolute atomic E-state index is 0.134. The molecule has 0 bridgehead atoms. The van der Waals surface area contributed by atoms with Gasteiger partial charge >= 0.3 is 0 Å². The van der Waals surface area contributed by atoms with Gasteiger partial charge in [-0.2, -0.15) is 5.06 Å². The van der Waals surface area contributed by atoms with Gasteiger partial charge in [0.2, 0.25) is 0 Å². The monoisotopic (exact) mass is 145 g/mol. The van der Waals surface area contributed by atoms with E-state index in [2.05, 4.69) is 0 Å². The van der Waals surface area contributed by atoms with Crippen molar-refractivity contribution < 1.29 is 9.63 Å². The lowest BCUT2D eigenvalue weighted by Crippen LogP contribution is -2.36. The van der Waals surface area contributed by atoms with Crippen LogP contribution in [0.1, 0.15) is 13.8 Å². The van der Waals surface area contributed by atoms with E-state index < -0.39 is 0 Å². The lowest BCUT2D eigenvalue weighted by atomic mass is 10.1. The van der Waals surface area contributed by atoms with Crippen LogP contribution in [-0.4, -0.2) is 31.5 Å². The average Bonchev–Trinajstić information content (AvgIpc) is 1.88. The van der Waals surface area contributed by atoms with Crippen molar-refractivity contribution >= 4 is 6.29 Å². The van der Waals surface area contributed by atoms with Gasteiger partial charge in [-0.3, -0.25) is 0 Å². The highest BCUT2D eigenvalue weighted by atomic mass is 16.7. The molecule has 60 valence electrons. The topological polar surface area (TPSA) is 29.5 Å². The molecule has 0 N–H and O–H groups in total. The highest BCUT2D eigenvalue weighted by molar-refractivity contribution is 5.57. The van der Waals surface area contributed by atoms with Gasteiger partial charge in [0, 0.05) is 7.05 Å². The van der Waals surface area contributed by atoms with Crippen LogP contribution < -0.4 is 0 Å². The first-order chi connectivity index (χ1) is 4.63. The van der Waals surface area contributed by atoms with E-state index in [0.717, 1.165) is 6.29 Å². The molecule has 0 spiro atoms. The van der Waals surface area contributed by atoms with Crippen LogP contribution in [0.4, 0.5) is 0 Å². The van der Waals surface area contributed by atoms with Crippen LogP contribution in [-0.2, 0) is 9.63 Å². The molecular formula is C7H15NO2. The second-order valence-electron chi connectivity index (χ2n) is 2.60. The summed E-state index contributed by atoms with van der Waals surface area (Å²) in [5, 5.41) is 1.55. The van der Waals surface area contributed by atoms with Gasteiger partial charge in [-0.1, -0.05) is 13.8 Å². The Balaban J connectivity index is 3.92. The number of carbonyl (C=O) groups excluding carboxylic acids is 1. The maximum absolute atomic E-state index is 10.4. The largest absolute Gasteiger partial charge is 0.302 e. The summed E-state index contributed by atoms with van der Waals surface area (Å²) in [6, 6.07) is -0.134. The molecule has 0 aromatic rings. The number of hydrogen-bond acceptors (Lipinski definition) is 3. The number of aldehydes is 1. The molecule has 0 fully saturated rings. The zero-order chi connectivity index (χ0) is 8.15. The molecule has 3 heteroatoms. The molecule has 0 radical (unpaired) electrons. The third kappa shape index (κ3) is 2.45. The summed E-state index contributed by atoms with van der Waals surface area (Å²) in [7, 11) is 3.30. The molecule has 0 saturated heterocycles. The molecular weight excluding hydrogens is 130 g/mol. The Morgan fingerprint density at radius 1 is 1.50 bits per heavy atom. The lowest BCUT2D eigenvalue weighted by Gasteiger charge is -2.23. The maximum Gasteiger partial charge on any atom is 0.139 e. The van der Waals surface area contributed by atoms with Crippen molar-refractivity contribution in [3.8, 4) is 0 Å². The molecule has 0 rings (SSSR count). The third-order valence-electron chi connectivity index (χ3n) is 1.53. The molecule has 3 nitrogen and oxygen atoms in total. The number of rotatable bonds is 4. The van der Waals surface area contributed by atoms with E-state index >= 15 is 0 Å². The number of carbonyl (C=O) groups is 1. The Labute approximate surface area is 61.9 Å². The van der Waals surface area contributed by atoms with Crippen LogP contribution in [0.15, 0.2) is 0 Å². The van der Waals surface area contributed by atoms with Gasteiger partial charge in [0.15, 0.2) is 0 Å².